The van der Waals surface area contributed by atoms with Crippen molar-refractivity contribution in [2.75, 3.05) is 0 Å². The summed E-state index contributed by atoms with van der Waals surface area (Å²) < 4.78 is 0. The van der Waals surface area contributed by atoms with Gasteiger partial charge in [-0.15, -0.1) is 0 Å². The highest BCUT2D eigenvalue weighted by atomic mass is 16.3. The van der Waals surface area contributed by atoms with Gasteiger partial charge < -0.3 is 15.7 Å². The minimum absolute atomic E-state index is 0.0397. The molecule has 1 aliphatic heterocycles. The zero-order chi connectivity index (χ0) is 16.2. The van der Waals surface area contributed by atoms with Crippen molar-refractivity contribution in [3.8, 4) is 0 Å². The van der Waals surface area contributed by atoms with E-state index in [1.54, 1.807) is 0 Å². The van der Waals surface area contributed by atoms with E-state index in [0.717, 1.165) is 12.0 Å². The first kappa shape index (κ1) is 16.5. The van der Waals surface area contributed by atoms with Crippen LogP contribution < -0.4 is 10.6 Å². The fraction of sp³-hybridized carbons (Fsp3) is 0.632. The van der Waals surface area contributed by atoms with Gasteiger partial charge in [-0.25, -0.2) is 0 Å². The van der Waals surface area contributed by atoms with Gasteiger partial charge in [0.05, 0.1) is 12.1 Å². The summed E-state index contributed by atoms with van der Waals surface area (Å²) in [7, 11) is 0. The Balaban J connectivity index is 1.48. The monoisotopic (exact) mass is 316 g/mol. The summed E-state index contributed by atoms with van der Waals surface area (Å²) in [5, 5.41) is 16.8. The fourth-order valence-electron chi connectivity index (χ4n) is 4.07. The van der Waals surface area contributed by atoms with E-state index in [-0.39, 0.29) is 18.0 Å². The third-order valence-corrected chi connectivity index (χ3v) is 5.33. The van der Waals surface area contributed by atoms with Crippen molar-refractivity contribution < 1.29 is 9.90 Å². The number of aliphatic hydroxyl groups excluding tert-OH is 1. The van der Waals surface area contributed by atoms with Crippen molar-refractivity contribution >= 4 is 5.91 Å². The van der Waals surface area contributed by atoms with Crippen LogP contribution in [-0.2, 0) is 4.79 Å². The molecule has 1 aliphatic carbocycles. The van der Waals surface area contributed by atoms with Crippen LogP contribution in [0.4, 0.5) is 0 Å². The quantitative estimate of drug-likeness (QED) is 0.782. The Kier molecular flexibility index (Phi) is 5.34. The summed E-state index contributed by atoms with van der Waals surface area (Å²) in [5.41, 5.74) is 0.901. The Labute approximate surface area is 138 Å². The Morgan fingerprint density at radius 3 is 2.78 bits per heavy atom. The highest BCUT2D eigenvalue weighted by molar-refractivity contribution is 5.82. The van der Waals surface area contributed by atoms with Crippen LogP contribution in [0.15, 0.2) is 30.3 Å². The van der Waals surface area contributed by atoms with Crippen LogP contribution in [0.2, 0.25) is 0 Å². The molecular weight excluding hydrogens is 288 g/mol. The van der Waals surface area contributed by atoms with E-state index in [9.17, 15) is 9.90 Å². The summed E-state index contributed by atoms with van der Waals surface area (Å²) in [4.78, 5) is 12.5. The van der Waals surface area contributed by atoms with Gasteiger partial charge in [0.25, 0.3) is 0 Å². The van der Waals surface area contributed by atoms with Crippen LogP contribution in [0, 0.1) is 5.92 Å². The van der Waals surface area contributed by atoms with Gasteiger partial charge in [-0.05, 0) is 44.1 Å². The number of hydrogen-bond acceptors (Lipinski definition) is 3. The second kappa shape index (κ2) is 7.45. The van der Waals surface area contributed by atoms with Crippen LogP contribution in [0.25, 0.3) is 0 Å². The number of carbonyl (C=O) groups excluding carboxylic acids is 1. The van der Waals surface area contributed by atoms with Gasteiger partial charge in [0.2, 0.25) is 5.91 Å². The summed E-state index contributed by atoms with van der Waals surface area (Å²) in [6.07, 6.45) is 6.00. The maximum absolute atomic E-state index is 12.5. The first-order valence-electron chi connectivity index (χ1n) is 8.93. The van der Waals surface area contributed by atoms with Crippen molar-refractivity contribution in [2.24, 2.45) is 5.92 Å². The van der Waals surface area contributed by atoms with Gasteiger partial charge >= 0.3 is 0 Å². The molecule has 3 N–H and O–H groups in total. The van der Waals surface area contributed by atoms with Crippen LogP contribution in [-0.4, -0.2) is 29.1 Å². The molecule has 23 heavy (non-hydrogen) atoms. The van der Waals surface area contributed by atoms with Crippen molar-refractivity contribution in [2.45, 2.75) is 69.7 Å². The molecule has 1 saturated carbocycles. The molecule has 0 aromatic heterocycles. The molecule has 1 heterocycles. The topological polar surface area (TPSA) is 61.4 Å². The second-order valence-corrected chi connectivity index (χ2v) is 7.18. The predicted octanol–water partition coefficient (Wildman–Crippen LogP) is 2.54. The average Bonchev–Trinajstić information content (AvgIpc) is 2.99. The number of hydrogen-bond donors (Lipinski definition) is 3. The molecule has 1 aromatic rings. The van der Waals surface area contributed by atoms with Crippen LogP contribution in [0.1, 0.15) is 57.1 Å². The standard InChI is InChI=1S/C19H28N2O2/c1-13(11-18(22)14-7-3-2-4-8-14)20-19(23)17-12-15-9-5-6-10-16(15)21-17/h2-4,7-8,13,15-18,21-22H,5-6,9-12H2,1H3,(H,20,23). The first-order valence-corrected chi connectivity index (χ1v) is 8.93. The summed E-state index contributed by atoms with van der Waals surface area (Å²) in [5.74, 6) is 0.761. The van der Waals surface area contributed by atoms with Crippen LogP contribution in [0.3, 0.4) is 0 Å². The number of amides is 1. The Morgan fingerprint density at radius 2 is 2.04 bits per heavy atom. The minimum atomic E-state index is -0.536. The SMILES string of the molecule is CC(CC(O)c1ccccc1)NC(=O)C1CC2CCCCC2N1. The van der Waals surface area contributed by atoms with Crippen molar-refractivity contribution in [3.05, 3.63) is 35.9 Å². The predicted molar refractivity (Wildman–Crippen MR) is 90.9 cm³/mol. The normalized spacial score (nSPS) is 29.6. The van der Waals surface area contributed by atoms with Crippen molar-refractivity contribution in [3.63, 3.8) is 0 Å². The lowest BCUT2D eigenvalue weighted by Crippen LogP contribution is -2.46. The van der Waals surface area contributed by atoms with Gasteiger partial charge in [-0.1, -0.05) is 43.2 Å². The number of benzene rings is 1. The van der Waals surface area contributed by atoms with E-state index in [0.29, 0.717) is 18.4 Å². The lowest BCUT2D eigenvalue weighted by atomic mass is 9.85. The number of nitrogens with one attached hydrogen (secondary N) is 2. The van der Waals surface area contributed by atoms with E-state index in [2.05, 4.69) is 10.6 Å². The molecule has 1 aromatic carbocycles. The molecule has 0 bridgehead atoms. The van der Waals surface area contributed by atoms with Gasteiger partial charge in [-0.3, -0.25) is 4.79 Å². The lowest BCUT2D eigenvalue weighted by molar-refractivity contribution is -0.123. The molecule has 2 aliphatic rings. The van der Waals surface area contributed by atoms with E-state index >= 15 is 0 Å². The van der Waals surface area contributed by atoms with Crippen LogP contribution >= 0.6 is 0 Å². The zero-order valence-electron chi connectivity index (χ0n) is 13.9. The van der Waals surface area contributed by atoms with Crippen LogP contribution in [0.5, 0.6) is 0 Å². The molecule has 1 saturated heterocycles. The maximum Gasteiger partial charge on any atom is 0.237 e. The van der Waals surface area contributed by atoms with Crippen molar-refractivity contribution in [1.29, 1.82) is 0 Å². The summed E-state index contributed by atoms with van der Waals surface area (Å²) in [6, 6.07) is 10.1. The molecular formula is C19H28N2O2. The molecule has 4 heteroatoms. The highest BCUT2D eigenvalue weighted by Crippen LogP contribution is 2.33. The fourth-order valence-corrected chi connectivity index (χ4v) is 4.07. The van der Waals surface area contributed by atoms with E-state index < -0.39 is 6.10 Å². The summed E-state index contributed by atoms with van der Waals surface area (Å²) >= 11 is 0. The third-order valence-electron chi connectivity index (χ3n) is 5.33. The number of carbonyl (C=O) groups is 1. The van der Waals surface area contributed by atoms with Gasteiger partial charge in [-0.2, -0.15) is 0 Å². The number of aliphatic hydroxyl groups is 1. The lowest BCUT2D eigenvalue weighted by Gasteiger charge is -2.24. The number of rotatable bonds is 5. The largest absolute Gasteiger partial charge is 0.388 e. The highest BCUT2D eigenvalue weighted by Gasteiger charge is 2.38. The Hall–Kier alpha value is -1.39. The summed E-state index contributed by atoms with van der Waals surface area (Å²) in [6.45, 7) is 1.96. The van der Waals surface area contributed by atoms with Crippen molar-refractivity contribution in [1.82, 2.24) is 10.6 Å². The molecule has 3 rings (SSSR count). The molecule has 0 spiro atoms. The Morgan fingerprint density at radius 1 is 1.30 bits per heavy atom. The third kappa shape index (κ3) is 4.12. The van der Waals surface area contributed by atoms with E-state index in [1.807, 2.05) is 37.3 Å². The molecule has 0 radical (unpaired) electrons. The van der Waals surface area contributed by atoms with E-state index in [1.165, 1.54) is 25.7 Å². The van der Waals surface area contributed by atoms with Gasteiger partial charge in [0.15, 0.2) is 0 Å². The van der Waals surface area contributed by atoms with E-state index in [4.69, 9.17) is 0 Å². The molecule has 2 fully saturated rings. The Bertz CT molecular complexity index is 505. The molecule has 4 nitrogen and oxygen atoms in total. The molecule has 5 atom stereocenters. The molecule has 1 amide bonds. The molecule has 5 unspecified atom stereocenters. The second-order valence-electron chi connectivity index (χ2n) is 7.18. The maximum atomic E-state index is 12.5. The molecule has 126 valence electrons. The average molecular weight is 316 g/mol. The zero-order valence-corrected chi connectivity index (χ0v) is 13.9. The first-order chi connectivity index (χ1) is 11.1. The van der Waals surface area contributed by atoms with Gasteiger partial charge in [0.1, 0.15) is 0 Å². The number of fused-ring (bicyclic) bond motifs is 1. The minimum Gasteiger partial charge on any atom is -0.388 e. The smallest absolute Gasteiger partial charge is 0.237 e. The van der Waals surface area contributed by atoms with Gasteiger partial charge in [0, 0.05) is 12.1 Å².